The SMILES string of the molecule is COc1ccc2nccc([C@@H](O)CC[C@@H]3CCN(CCCc4ccccc4C)C[C@@H]3C(=O)O)c2c1. The van der Waals surface area contributed by atoms with Crippen LogP contribution in [0, 0.1) is 18.8 Å². The third-order valence-electron chi connectivity index (χ3n) is 7.49. The molecule has 0 spiro atoms. The van der Waals surface area contributed by atoms with E-state index in [0.717, 1.165) is 54.6 Å². The molecule has 0 bridgehead atoms. The van der Waals surface area contributed by atoms with Gasteiger partial charge in [0.15, 0.2) is 0 Å². The number of carboxylic acids is 1. The Labute approximate surface area is 207 Å². The fourth-order valence-corrected chi connectivity index (χ4v) is 5.37. The largest absolute Gasteiger partial charge is 0.497 e. The Morgan fingerprint density at radius 3 is 2.83 bits per heavy atom. The van der Waals surface area contributed by atoms with E-state index in [1.807, 2.05) is 24.3 Å². The van der Waals surface area contributed by atoms with Crippen LogP contribution in [0.25, 0.3) is 10.9 Å². The predicted molar refractivity (Wildman–Crippen MR) is 138 cm³/mol. The molecular weight excluding hydrogens is 440 g/mol. The fraction of sp³-hybridized carbons (Fsp3) is 0.448. The van der Waals surface area contributed by atoms with Gasteiger partial charge in [-0.25, -0.2) is 0 Å². The van der Waals surface area contributed by atoms with Crippen LogP contribution >= 0.6 is 0 Å². The van der Waals surface area contributed by atoms with Crippen LogP contribution in [0.5, 0.6) is 5.75 Å². The molecule has 1 aliphatic rings. The maximum absolute atomic E-state index is 12.1. The summed E-state index contributed by atoms with van der Waals surface area (Å²) in [6, 6.07) is 15.9. The zero-order valence-corrected chi connectivity index (χ0v) is 20.7. The summed E-state index contributed by atoms with van der Waals surface area (Å²) >= 11 is 0. The number of benzene rings is 2. The normalized spacial score (nSPS) is 19.5. The van der Waals surface area contributed by atoms with Gasteiger partial charge in [0, 0.05) is 18.1 Å². The second-order valence-corrected chi connectivity index (χ2v) is 9.70. The van der Waals surface area contributed by atoms with E-state index in [2.05, 4.69) is 41.1 Å². The van der Waals surface area contributed by atoms with Gasteiger partial charge in [-0.05, 0) is 99.0 Å². The number of nitrogens with zero attached hydrogens (tertiary/aromatic N) is 2. The average molecular weight is 477 g/mol. The van der Waals surface area contributed by atoms with Crippen molar-refractivity contribution in [1.82, 2.24) is 9.88 Å². The number of aliphatic carboxylic acids is 1. The summed E-state index contributed by atoms with van der Waals surface area (Å²) in [7, 11) is 1.62. The molecule has 2 heterocycles. The van der Waals surface area contributed by atoms with Crippen LogP contribution in [0.2, 0.25) is 0 Å². The first-order valence-electron chi connectivity index (χ1n) is 12.6. The zero-order chi connectivity index (χ0) is 24.8. The van der Waals surface area contributed by atoms with Gasteiger partial charge < -0.3 is 19.8 Å². The molecule has 2 aromatic carbocycles. The molecule has 3 atom stereocenters. The lowest BCUT2D eigenvalue weighted by atomic mass is 9.81. The Morgan fingerprint density at radius 2 is 2.06 bits per heavy atom. The van der Waals surface area contributed by atoms with Crippen LogP contribution in [0.3, 0.4) is 0 Å². The van der Waals surface area contributed by atoms with Gasteiger partial charge in [-0.3, -0.25) is 9.78 Å². The highest BCUT2D eigenvalue weighted by molar-refractivity contribution is 5.83. The molecule has 1 fully saturated rings. The predicted octanol–water partition coefficient (Wildman–Crippen LogP) is 5.02. The molecule has 0 amide bonds. The van der Waals surface area contributed by atoms with Crippen molar-refractivity contribution in [1.29, 1.82) is 0 Å². The summed E-state index contributed by atoms with van der Waals surface area (Å²) in [5.41, 5.74) is 4.31. The molecule has 1 aliphatic heterocycles. The maximum atomic E-state index is 12.1. The number of hydrogen-bond acceptors (Lipinski definition) is 5. The second kappa shape index (κ2) is 11.6. The number of methoxy groups -OCH3 is 1. The van der Waals surface area contributed by atoms with Crippen molar-refractivity contribution in [2.24, 2.45) is 11.8 Å². The number of aryl methyl sites for hydroxylation is 2. The fourth-order valence-electron chi connectivity index (χ4n) is 5.37. The van der Waals surface area contributed by atoms with E-state index in [9.17, 15) is 15.0 Å². The Balaban J connectivity index is 1.34. The van der Waals surface area contributed by atoms with Gasteiger partial charge in [-0.15, -0.1) is 0 Å². The van der Waals surface area contributed by atoms with E-state index in [1.54, 1.807) is 13.3 Å². The number of piperidine rings is 1. The van der Waals surface area contributed by atoms with E-state index < -0.39 is 18.0 Å². The molecule has 6 nitrogen and oxygen atoms in total. The molecule has 6 heteroatoms. The van der Waals surface area contributed by atoms with E-state index in [0.29, 0.717) is 19.4 Å². The lowest BCUT2D eigenvalue weighted by molar-refractivity contribution is -0.146. The lowest BCUT2D eigenvalue weighted by Gasteiger charge is -2.37. The van der Waals surface area contributed by atoms with Crippen LogP contribution in [0.4, 0.5) is 0 Å². The number of hydrogen-bond donors (Lipinski definition) is 2. The van der Waals surface area contributed by atoms with Gasteiger partial charge >= 0.3 is 5.97 Å². The number of rotatable bonds is 10. The van der Waals surface area contributed by atoms with Gasteiger partial charge in [-0.2, -0.15) is 0 Å². The molecule has 3 aromatic rings. The number of likely N-dealkylation sites (tertiary alicyclic amines) is 1. The average Bonchev–Trinajstić information content (AvgIpc) is 2.88. The number of aliphatic hydroxyl groups excluding tert-OH is 1. The van der Waals surface area contributed by atoms with Crippen molar-refractivity contribution in [3.8, 4) is 5.75 Å². The number of aromatic nitrogens is 1. The van der Waals surface area contributed by atoms with Crippen LogP contribution in [-0.2, 0) is 11.2 Å². The molecule has 0 radical (unpaired) electrons. The smallest absolute Gasteiger partial charge is 0.308 e. The van der Waals surface area contributed by atoms with Gasteiger partial charge in [0.1, 0.15) is 5.75 Å². The lowest BCUT2D eigenvalue weighted by Crippen LogP contribution is -2.44. The molecular formula is C29H36N2O4. The number of pyridine rings is 1. The van der Waals surface area contributed by atoms with Gasteiger partial charge in [0.25, 0.3) is 0 Å². The van der Waals surface area contributed by atoms with Crippen LogP contribution < -0.4 is 4.74 Å². The number of carboxylic acid groups (broad SMARTS) is 1. The zero-order valence-electron chi connectivity index (χ0n) is 20.7. The van der Waals surface area contributed by atoms with Crippen molar-refractivity contribution >= 4 is 16.9 Å². The van der Waals surface area contributed by atoms with Crippen LogP contribution in [0.1, 0.15) is 48.5 Å². The number of aliphatic hydroxyl groups is 1. The highest BCUT2D eigenvalue weighted by atomic mass is 16.5. The molecule has 186 valence electrons. The van der Waals surface area contributed by atoms with E-state index in [4.69, 9.17) is 4.74 Å². The summed E-state index contributed by atoms with van der Waals surface area (Å²) in [5.74, 6) is -0.340. The Bertz CT molecular complexity index is 1150. The molecule has 4 rings (SSSR count). The molecule has 0 aliphatic carbocycles. The van der Waals surface area contributed by atoms with E-state index in [-0.39, 0.29) is 5.92 Å². The number of carbonyl (C=O) groups is 1. The van der Waals surface area contributed by atoms with Crippen LogP contribution in [-0.4, -0.2) is 52.8 Å². The van der Waals surface area contributed by atoms with E-state index in [1.165, 1.54) is 11.1 Å². The third-order valence-corrected chi connectivity index (χ3v) is 7.49. The highest BCUT2D eigenvalue weighted by Gasteiger charge is 2.34. The molecule has 1 saturated heterocycles. The van der Waals surface area contributed by atoms with Crippen molar-refractivity contribution in [3.63, 3.8) is 0 Å². The summed E-state index contributed by atoms with van der Waals surface area (Å²) in [6.45, 7) is 4.55. The molecule has 1 aromatic heterocycles. The Kier molecular flexibility index (Phi) is 8.37. The van der Waals surface area contributed by atoms with Gasteiger partial charge in [0.05, 0.1) is 24.6 Å². The molecule has 35 heavy (non-hydrogen) atoms. The standard InChI is InChI=1S/C29H36N2O4/c1-20-6-3-4-7-21(20)8-5-16-31-17-14-22(26(19-31)29(33)34)9-12-28(32)24-13-15-30-27-11-10-23(35-2)18-25(24)27/h3-4,6-7,10-11,13,15,18,22,26,28,32H,5,8-9,12,14,16-17,19H2,1-2H3,(H,33,34)/t22-,26+,28+/m1/s1. The molecule has 2 N–H and O–H groups in total. The summed E-state index contributed by atoms with van der Waals surface area (Å²) in [4.78, 5) is 18.8. The molecule has 0 unspecified atom stereocenters. The van der Waals surface area contributed by atoms with E-state index >= 15 is 0 Å². The van der Waals surface area contributed by atoms with Crippen LogP contribution in [0.15, 0.2) is 54.7 Å². The topological polar surface area (TPSA) is 82.9 Å². The van der Waals surface area contributed by atoms with Crippen molar-refractivity contribution in [2.75, 3.05) is 26.7 Å². The van der Waals surface area contributed by atoms with Crippen molar-refractivity contribution < 1.29 is 19.7 Å². The Hall–Kier alpha value is -2.96. The summed E-state index contributed by atoms with van der Waals surface area (Å²) < 4.78 is 5.34. The molecule has 0 saturated carbocycles. The highest BCUT2D eigenvalue weighted by Crippen LogP contribution is 2.33. The van der Waals surface area contributed by atoms with Crippen molar-refractivity contribution in [2.45, 2.75) is 45.1 Å². The third kappa shape index (κ3) is 6.19. The second-order valence-electron chi connectivity index (χ2n) is 9.70. The first kappa shape index (κ1) is 25.1. The monoisotopic (exact) mass is 476 g/mol. The first-order chi connectivity index (χ1) is 17.0. The Morgan fingerprint density at radius 1 is 1.23 bits per heavy atom. The summed E-state index contributed by atoms with van der Waals surface area (Å²) in [5, 5.41) is 21.8. The minimum atomic E-state index is -0.729. The quantitative estimate of drug-likeness (QED) is 0.428. The number of fused-ring (bicyclic) bond motifs is 1. The van der Waals surface area contributed by atoms with Crippen molar-refractivity contribution in [3.05, 3.63) is 71.4 Å². The maximum Gasteiger partial charge on any atom is 0.308 e. The number of ether oxygens (including phenoxy) is 1. The van der Waals surface area contributed by atoms with Gasteiger partial charge in [-0.1, -0.05) is 24.3 Å². The minimum Gasteiger partial charge on any atom is -0.497 e. The summed E-state index contributed by atoms with van der Waals surface area (Å²) in [6.07, 6.45) is 5.14. The minimum absolute atomic E-state index is 0.0670. The van der Waals surface area contributed by atoms with Gasteiger partial charge in [0.2, 0.25) is 0 Å². The first-order valence-corrected chi connectivity index (χ1v) is 12.6.